The molecule has 0 saturated carbocycles. The first-order chi connectivity index (χ1) is 9.17. The van der Waals surface area contributed by atoms with Crippen molar-refractivity contribution in [3.05, 3.63) is 71.3 Å². The van der Waals surface area contributed by atoms with E-state index in [0.29, 0.717) is 5.56 Å². The lowest BCUT2D eigenvalue weighted by molar-refractivity contribution is 0.0697. The van der Waals surface area contributed by atoms with Crippen LogP contribution in [0.15, 0.2) is 54.6 Å². The van der Waals surface area contributed by atoms with Gasteiger partial charge < -0.3 is 15.3 Å². The molecule has 0 spiro atoms. The molecule has 0 aliphatic rings. The fraction of sp³-hybridized carbons (Fsp3) is 0.133. The van der Waals surface area contributed by atoms with E-state index in [-0.39, 0.29) is 13.2 Å². The summed E-state index contributed by atoms with van der Waals surface area (Å²) < 4.78 is 0. The Hall–Kier alpha value is -2.17. The standard InChI is InChI=1S/C8H10O2.C7H6O2/c9-5-7-1-2-8(6-10)4-3-7;8-7(9)6-4-2-1-3-5-6/h1-4,9-10H,5-6H2;1-5H,(H,8,9). The first-order valence-corrected chi connectivity index (χ1v) is 5.75. The highest BCUT2D eigenvalue weighted by Gasteiger charge is 1.96. The van der Waals surface area contributed by atoms with E-state index in [2.05, 4.69) is 0 Å². The van der Waals surface area contributed by atoms with E-state index in [1.165, 1.54) is 0 Å². The zero-order valence-electron chi connectivity index (χ0n) is 10.4. The summed E-state index contributed by atoms with van der Waals surface area (Å²) in [6.07, 6.45) is 0. The third kappa shape index (κ3) is 5.33. The monoisotopic (exact) mass is 260 g/mol. The lowest BCUT2D eigenvalue weighted by Gasteiger charge is -1.96. The van der Waals surface area contributed by atoms with E-state index >= 15 is 0 Å². The predicted molar refractivity (Wildman–Crippen MR) is 71.7 cm³/mol. The van der Waals surface area contributed by atoms with E-state index < -0.39 is 5.97 Å². The lowest BCUT2D eigenvalue weighted by atomic mass is 10.1. The molecule has 19 heavy (non-hydrogen) atoms. The number of carboxylic acids is 1. The average molecular weight is 260 g/mol. The molecule has 3 N–H and O–H groups in total. The summed E-state index contributed by atoms with van der Waals surface area (Å²) in [4.78, 5) is 10.2. The maximum absolute atomic E-state index is 10.2. The Kier molecular flexibility index (Phi) is 6.29. The zero-order chi connectivity index (χ0) is 14.1. The molecule has 0 aliphatic carbocycles. The summed E-state index contributed by atoms with van der Waals surface area (Å²) in [6, 6.07) is 15.5. The van der Waals surface area contributed by atoms with Crippen LogP contribution in [-0.2, 0) is 13.2 Å². The van der Waals surface area contributed by atoms with Crippen LogP contribution in [-0.4, -0.2) is 21.3 Å². The first-order valence-electron chi connectivity index (χ1n) is 5.75. The smallest absolute Gasteiger partial charge is 0.335 e. The van der Waals surface area contributed by atoms with Gasteiger partial charge in [-0.1, -0.05) is 42.5 Å². The highest BCUT2D eigenvalue weighted by Crippen LogP contribution is 2.03. The molecule has 100 valence electrons. The summed E-state index contributed by atoms with van der Waals surface area (Å²) in [5.74, 6) is -0.879. The van der Waals surface area contributed by atoms with Crippen LogP contribution in [0.5, 0.6) is 0 Å². The van der Waals surface area contributed by atoms with Crippen molar-refractivity contribution in [2.75, 3.05) is 0 Å². The van der Waals surface area contributed by atoms with Gasteiger partial charge in [-0.15, -0.1) is 0 Å². The molecule has 4 nitrogen and oxygen atoms in total. The Morgan fingerprint density at radius 1 is 0.789 bits per heavy atom. The van der Waals surface area contributed by atoms with Crippen molar-refractivity contribution in [3.63, 3.8) is 0 Å². The molecule has 0 aliphatic heterocycles. The van der Waals surface area contributed by atoms with Gasteiger partial charge in [0.15, 0.2) is 0 Å². The molecule has 0 atom stereocenters. The molecule has 0 heterocycles. The van der Waals surface area contributed by atoms with Gasteiger partial charge in [0.1, 0.15) is 0 Å². The second kappa shape index (κ2) is 8.02. The maximum atomic E-state index is 10.2. The number of aromatic carboxylic acids is 1. The van der Waals surface area contributed by atoms with Crippen LogP contribution >= 0.6 is 0 Å². The van der Waals surface area contributed by atoms with Crippen LogP contribution in [0.3, 0.4) is 0 Å². The quantitative estimate of drug-likeness (QED) is 0.789. The maximum Gasteiger partial charge on any atom is 0.335 e. The molecule has 0 unspecified atom stereocenters. The highest BCUT2D eigenvalue weighted by atomic mass is 16.4. The molecule has 2 aromatic rings. The number of aliphatic hydroxyl groups is 2. The van der Waals surface area contributed by atoms with Gasteiger partial charge in [-0.3, -0.25) is 0 Å². The molecule has 0 fully saturated rings. The van der Waals surface area contributed by atoms with Crippen LogP contribution in [0.25, 0.3) is 0 Å². The minimum Gasteiger partial charge on any atom is -0.478 e. The summed E-state index contributed by atoms with van der Waals surface area (Å²) in [5, 5.41) is 25.7. The topological polar surface area (TPSA) is 77.8 Å². The highest BCUT2D eigenvalue weighted by molar-refractivity contribution is 5.87. The summed E-state index contributed by atoms with van der Waals surface area (Å²) in [5.41, 5.74) is 2.08. The molecular weight excluding hydrogens is 244 g/mol. The molecule has 0 radical (unpaired) electrons. The minimum atomic E-state index is -0.879. The number of aliphatic hydroxyl groups excluding tert-OH is 2. The Morgan fingerprint density at radius 2 is 1.21 bits per heavy atom. The van der Waals surface area contributed by atoms with Crippen molar-refractivity contribution in [2.24, 2.45) is 0 Å². The lowest BCUT2D eigenvalue weighted by Crippen LogP contribution is -1.93. The van der Waals surface area contributed by atoms with E-state index in [4.69, 9.17) is 15.3 Å². The molecular formula is C15H16O4. The molecule has 2 rings (SSSR count). The van der Waals surface area contributed by atoms with Crippen molar-refractivity contribution < 1.29 is 20.1 Å². The van der Waals surface area contributed by atoms with Crippen LogP contribution in [0.1, 0.15) is 21.5 Å². The molecule has 0 saturated heterocycles. The fourth-order valence-corrected chi connectivity index (χ4v) is 1.33. The molecule has 0 amide bonds. The zero-order valence-corrected chi connectivity index (χ0v) is 10.4. The van der Waals surface area contributed by atoms with Gasteiger partial charge in [0.2, 0.25) is 0 Å². The van der Waals surface area contributed by atoms with E-state index in [9.17, 15) is 4.79 Å². The second-order valence-corrected chi connectivity index (χ2v) is 3.80. The predicted octanol–water partition coefficient (Wildman–Crippen LogP) is 2.06. The third-order valence-corrected chi connectivity index (χ3v) is 2.41. The fourth-order valence-electron chi connectivity index (χ4n) is 1.33. The van der Waals surface area contributed by atoms with Gasteiger partial charge >= 0.3 is 5.97 Å². The van der Waals surface area contributed by atoms with Gasteiger partial charge in [0, 0.05) is 0 Å². The van der Waals surface area contributed by atoms with Crippen LogP contribution in [0.4, 0.5) is 0 Å². The van der Waals surface area contributed by atoms with Gasteiger partial charge in [0.25, 0.3) is 0 Å². The van der Waals surface area contributed by atoms with Crippen molar-refractivity contribution in [1.82, 2.24) is 0 Å². The first kappa shape index (κ1) is 14.9. The molecule has 2 aromatic carbocycles. The Balaban J connectivity index is 0.000000191. The largest absolute Gasteiger partial charge is 0.478 e. The van der Waals surface area contributed by atoms with Crippen LogP contribution in [0, 0.1) is 0 Å². The summed E-state index contributed by atoms with van der Waals surface area (Å²) >= 11 is 0. The molecule has 4 heteroatoms. The normalized spacial score (nSPS) is 9.37. The number of hydrogen-bond acceptors (Lipinski definition) is 3. The number of rotatable bonds is 3. The van der Waals surface area contributed by atoms with E-state index in [1.807, 2.05) is 0 Å². The average Bonchev–Trinajstić information content (AvgIpc) is 2.49. The Labute approximate surface area is 111 Å². The van der Waals surface area contributed by atoms with Crippen LogP contribution in [0.2, 0.25) is 0 Å². The number of carboxylic acid groups (broad SMARTS) is 1. The summed E-state index contributed by atoms with van der Waals surface area (Å²) in [6.45, 7) is 0.122. The second-order valence-electron chi connectivity index (χ2n) is 3.80. The number of hydrogen-bond donors (Lipinski definition) is 3. The van der Waals surface area contributed by atoms with Crippen molar-refractivity contribution in [3.8, 4) is 0 Å². The number of benzene rings is 2. The van der Waals surface area contributed by atoms with Gasteiger partial charge in [-0.2, -0.15) is 0 Å². The van der Waals surface area contributed by atoms with E-state index in [1.54, 1.807) is 54.6 Å². The molecule has 0 bridgehead atoms. The van der Waals surface area contributed by atoms with Crippen molar-refractivity contribution in [2.45, 2.75) is 13.2 Å². The molecule has 0 aromatic heterocycles. The third-order valence-electron chi connectivity index (χ3n) is 2.41. The summed E-state index contributed by atoms with van der Waals surface area (Å²) in [7, 11) is 0. The van der Waals surface area contributed by atoms with Gasteiger partial charge in [-0.25, -0.2) is 4.79 Å². The van der Waals surface area contributed by atoms with Crippen molar-refractivity contribution >= 4 is 5.97 Å². The van der Waals surface area contributed by atoms with E-state index in [0.717, 1.165) is 11.1 Å². The Bertz CT molecular complexity index is 468. The minimum absolute atomic E-state index is 0.0612. The SMILES string of the molecule is O=C(O)c1ccccc1.OCc1ccc(CO)cc1. The Morgan fingerprint density at radius 3 is 1.47 bits per heavy atom. The van der Waals surface area contributed by atoms with Crippen molar-refractivity contribution in [1.29, 1.82) is 0 Å². The van der Waals surface area contributed by atoms with Crippen LogP contribution < -0.4 is 0 Å². The number of carbonyl (C=O) groups is 1. The van der Waals surface area contributed by atoms with Gasteiger partial charge in [-0.05, 0) is 23.3 Å². The van der Waals surface area contributed by atoms with Gasteiger partial charge in [0.05, 0.1) is 18.8 Å².